The number of ketones is 1. The second kappa shape index (κ2) is 10.4. The molecule has 3 heterocycles. The Hall–Kier alpha value is -4.04. The van der Waals surface area contributed by atoms with E-state index in [9.17, 15) is 14.7 Å². The van der Waals surface area contributed by atoms with Crippen LogP contribution in [0.5, 0.6) is 0 Å². The Morgan fingerprint density at radius 3 is 2.08 bits per heavy atom. The number of piperazine rings is 1. The maximum absolute atomic E-state index is 13.7. The van der Waals surface area contributed by atoms with Crippen molar-refractivity contribution in [1.82, 2.24) is 15.1 Å². The molecule has 1 saturated heterocycles. The zero-order chi connectivity index (χ0) is 27.0. The fraction of sp³-hybridized carbons (Fsp3) is 0.333. The molecule has 0 saturated carbocycles. The lowest BCUT2D eigenvalue weighted by atomic mass is 9.91. The molecule has 196 valence electrons. The van der Waals surface area contributed by atoms with Gasteiger partial charge in [0.25, 0.3) is 5.91 Å². The minimum Gasteiger partial charge on any atom is -0.503 e. The molecule has 2 aliphatic heterocycles. The van der Waals surface area contributed by atoms with Crippen LogP contribution in [0, 0.1) is 6.92 Å². The Morgan fingerprint density at radius 2 is 1.50 bits per heavy atom. The van der Waals surface area contributed by atoms with E-state index in [1.165, 1.54) is 4.90 Å². The molecule has 1 amide bonds. The van der Waals surface area contributed by atoms with Crippen LogP contribution in [0.25, 0.3) is 0 Å². The van der Waals surface area contributed by atoms with Crippen LogP contribution < -0.4 is 9.80 Å². The monoisotopic (exact) mass is 511 g/mol. The number of aromatic nitrogens is 2. The lowest BCUT2D eigenvalue weighted by Crippen LogP contribution is -2.45. The third kappa shape index (κ3) is 4.79. The first kappa shape index (κ1) is 25.6. The van der Waals surface area contributed by atoms with E-state index < -0.39 is 23.5 Å². The number of anilines is 2. The molecule has 1 atom stereocenters. The third-order valence-electron chi connectivity index (χ3n) is 7.40. The van der Waals surface area contributed by atoms with E-state index in [1.54, 1.807) is 18.2 Å². The number of hydrogen-bond donors (Lipinski definition) is 1. The van der Waals surface area contributed by atoms with Gasteiger partial charge in [-0.2, -0.15) is 0 Å². The number of amides is 1. The highest BCUT2D eigenvalue weighted by Gasteiger charge is 2.45. The van der Waals surface area contributed by atoms with Crippen molar-refractivity contribution >= 4 is 23.3 Å². The average molecular weight is 512 g/mol. The number of hydrogen-bond acceptors (Lipinski definition) is 7. The van der Waals surface area contributed by atoms with E-state index in [4.69, 9.17) is 0 Å². The summed E-state index contributed by atoms with van der Waals surface area (Å²) in [7, 11) is 2.09. The molecule has 2 aliphatic rings. The number of carbonyl (C=O) groups is 2. The van der Waals surface area contributed by atoms with Crippen LogP contribution in [0.15, 0.2) is 72.0 Å². The normalized spacial score (nSPS) is 18.6. The van der Waals surface area contributed by atoms with E-state index in [-0.39, 0.29) is 11.4 Å². The SMILES string of the molecule is Cc1ccc(C(=O)C2=C(O)C(=O)N(c3ccc(N4CCN(C)CC4)nn3)C2c2ccc(C(C)C)cc2)cc1. The number of carbonyl (C=O) groups excluding carboxylic acids is 2. The molecular formula is C30H33N5O3. The summed E-state index contributed by atoms with van der Waals surface area (Å²) in [6, 6.07) is 17.7. The van der Waals surface area contributed by atoms with Gasteiger partial charge in [0.05, 0.1) is 11.6 Å². The minimum absolute atomic E-state index is 0.0427. The Kier molecular flexibility index (Phi) is 6.99. The highest BCUT2D eigenvalue weighted by atomic mass is 16.3. The first-order valence-electron chi connectivity index (χ1n) is 13.0. The fourth-order valence-electron chi connectivity index (χ4n) is 4.96. The molecule has 0 spiro atoms. The first-order chi connectivity index (χ1) is 18.2. The largest absolute Gasteiger partial charge is 0.503 e. The number of aryl methyl sites for hydroxylation is 1. The van der Waals surface area contributed by atoms with Crippen molar-refractivity contribution in [2.24, 2.45) is 0 Å². The number of aliphatic hydroxyl groups excluding tert-OH is 1. The van der Waals surface area contributed by atoms with Crippen molar-refractivity contribution in [3.05, 3.63) is 94.2 Å². The molecule has 0 radical (unpaired) electrons. The maximum Gasteiger partial charge on any atom is 0.295 e. The van der Waals surface area contributed by atoms with Gasteiger partial charge in [-0.25, -0.2) is 0 Å². The molecule has 0 aliphatic carbocycles. The molecule has 3 aromatic rings. The molecule has 8 heteroatoms. The maximum atomic E-state index is 13.7. The van der Waals surface area contributed by atoms with Crippen LogP contribution in [0.1, 0.15) is 52.9 Å². The van der Waals surface area contributed by atoms with Gasteiger partial charge in [0, 0.05) is 31.7 Å². The molecule has 1 fully saturated rings. The van der Waals surface area contributed by atoms with Gasteiger partial charge < -0.3 is 14.9 Å². The van der Waals surface area contributed by atoms with Gasteiger partial charge >= 0.3 is 0 Å². The summed E-state index contributed by atoms with van der Waals surface area (Å²) < 4.78 is 0. The molecule has 1 N–H and O–H groups in total. The van der Waals surface area contributed by atoms with Crippen molar-refractivity contribution in [3.8, 4) is 0 Å². The van der Waals surface area contributed by atoms with Gasteiger partial charge in [0.15, 0.2) is 23.2 Å². The number of rotatable bonds is 6. The summed E-state index contributed by atoms with van der Waals surface area (Å²) >= 11 is 0. The van der Waals surface area contributed by atoms with Gasteiger partial charge in [0.1, 0.15) is 0 Å². The summed E-state index contributed by atoms with van der Waals surface area (Å²) in [6.07, 6.45) is 0. The topological polar surface area (TPSA) is 89.9 Å². The van der Waals surface area contributed by atoms with E-state index >= 15 is 0 Å². The Balaban J connectivity index is 1.54. The van der Waals surface area contributed by atoms with E-state index in [0.717, 1.165) is 43.1 Å². The van der Waals surface area contributed by atoms with Gasteiger partial charge in [-0.3, -0.25) is 14.5 Å². The molecule has 1 unspecified atom stereocenters. The van der Waals surface area contributed by atoms with Crippen molar-refractivity contribution < 1.29 is 14.7 Å². The highest BCUT2D eigenvalue weighted by molar-refractivity contribution is 6.20. The van der Waals surface area contributed by atoms with E-state index in [1.807, 2.05) is 49.4 Å². The molecule has 1 aromatic heterocycles. The summed E-state index contributed by atoms with van der Waals surface area (Å²) in [6.45, 7) is 9.71. The Morgan fingerprint density at radius 1 is 0.895 bits per heavy atom. The Bertz CT molecular complexity index is 1360. The van der Waals surface area contributed by atoms with Crippen LogP contribution >= 0.6 is 0 Å². The van der Waals surface area contributed by atoms with Crippen LogP contribution in [0.2, 0.25) is 0 Å². The van der Waals surface area contributed by atoms with Gasteiger partial charge in [-0.1, -0.05) is 67.9 Å². The molecule has 5 rings (SSSR count). The molecular weight excluding hydrogens is 478 g/mol. The van der Waals surface area contributed by atoms with Crippen LogP contribution in [0.4, 0.5) is 11.6 Å². The Labute approximate surface area is 223 Å². The fourth-order valence-corrected chi connectivity index (χ4v) is 4.96. The predicted molar refractivity (Wildman–Crippen MR) is 148 cm³/mol. The van der Waals surface area contributed by atoms with Crippen molar-refractivity contribution in [3.63, 3.8) is 0 Å². The number of Topliss-reactive ketones (excluding diaryl/α,β-unsaturated/α-hetero) is 1. The van der Waals surface area contributed by atoms with E-state index in [0.29, 0.717) is 17.0 Å². The van der Waals surface area contributed by atoms with Gasteiger partial charge in [0.2, 0.25) is 0 Å². The summed E-state index contributed by atoms with van der Waals surface area (Å²) in [5.41, 5.74) is 3.32. The lowest BCUT2D eigenvalue weighted by molar-refractivity contribution is -0.117. The van der Waals surface area contributed by atoms with Crippen molar-refractivity contribution in [2.75, 3.05) is 43.0 Å². The second-order valence-electron chi connectivity index (χ2n) is 10.4. The van der Waals surface area contributed by atoms with E-state index in [2.05, 4.69) is 40.9 Å². The van der Waals surface area contributed by atoms with Crippen molar-refractivity contribution in [2.45, 2.75) is 32.7 Å². The first-order valence-corrected chi connectivity index (χ1v) is 13.0. The summed E-state index contributed by atoms with van der Waals surface area (Å²) in [4.78, 5) is 33.0. The minimum atomic E-state index is -0.832. The van der Waals surface area contributed by atoms with Crippen LogP contribution in [0.3, 0.4) is 0 Å². The quantitative estimate of drug-likeness (QED) is 0.489. The number of likely N-dealkylation sites (N-methyl/N-ethyl adjacent to an activating group) is 1. The second-order valence-corrected chi connectivity index (χ2v) is 10.4. The highest BCUT2D eigenvalue weighted by Crippen LogP contribution is 2.41. The van der Waals surface area contributed by atoms with Crippen LogP contribution in [-0.2, 0) is 4.79 Å². The predicted octanol–water partition coefficient (Wildman–Crippen LogP) is 4.44. The summed E-state index contributed by atoms with van der Waals surface area (Å²) in [5, 5.41) is 19.8. The summed E-state index contributed by atoms with van der Waals surface area (Å²) in [5.74, 6) is -0.267. The molecule has 8 nitrogen and oxygen atoms in total. The third-order valence-corrected chi connectivity index (χ3v) is 7.40. The number of aliphatic hydroxyl groups is 1. The van der Waals surface area contributed by atoms with Crippen LogP contribution in [-0.4, -0.2) is 65.1 Å². The lowest BCUT2D eigenvalue weighted by Gasteiger charge is -2.33. The molecule has 2 aromatic carbocycles. The van der Waals surface area contributed by atoms with Gasteiger partial charge in [-0.15, -0.1) is 10.2 Å². The molecule has 38 heavy (non-hydrogen) atoms. The zero-order valence-corrected chi connectivity index (χ0v) is 22.3. The van der Waals surface area contributed by atoms with Crippen molar-refractivity contribution in [1.29, 1.82) is 0 Å². The number of benzene rings is 2. The number of nitrogens with zero attached hydrogens (tertiary/aromatic N) is 5. The smallest absolute Gasteiger partial charge is 0.295 e. The standard InChI is InChI=1S/C30H33N5O3/c1-19(2)21-9-11-22(12-10-21)27-26(28(36)23-7-5-20(3)6-8-23)29(37)30(38)35(27)25-14-13-24(31-32-25)34-17-15-33(4)16-18-34/h5-14,19,27,37H,15-18H2,1-4H3. The molecule has 0 bridgehead atoms. The van der Waals surface area contributed by atoms with Gasteiger partial charge in [-0.05, 0) is 43.1 Å². The average Bonchev–Trinajstić information content (AvgIpc) is 3.19. The zero-order valence-electron chi connectivity index (χ0n) is 22.3.